The van der Waals surface area contributed by atoms with Crippen LogP contribution < -0.4 is 0 Å². The number of ketones is 2. The normalized spacial score (nSPS) is 51.9. The lowest BCUT2D eigenvalue weighted by Crippen LogP contribution is -2.64. The van der Waals surface area contributed by atoms with Gasteiger partial charge < -0.3 is 20.4 Å². The van der Waals surface area contributed by atoms with Crippen LogP contribution in [0.15, 0.2) is 11.6 Å². The largest absolute Gasteiger partial charge is 0.393 e. The van der Waals surface area contributed by atoms with Gasteiger partial charge in [0.2, 0.25) is 0 Å². The van der Waals surface area contributed by atoms with Gasteiger partial charge in [0.15, 0.2) is 17.2 Å². The van der Waals surface area contributed by atoms with Gasteiger partial charge in [0, 0.05) is 11.8 Å². The van der Waals surface area contributed by atoms with Crippen LogP contribution in [0, 0.1) is 28.6 Å². The molecule has 6 heteroatoms. The smallest absolute Gasteiger partial charge is 0.192 e. The van der Waals surface area contributed by atoms with E-state index in [1.807, 2.05) is 0 Å². The van der Waals surface area contributed by atoms with Gasteiger partial charge in [-0.1, -0.05) is 19.4 Å². The Labute approximate surface area is 159 Å². The summed E-state index contributed by atoms with van der Waals surface area (Å²) in [6, 6.07) is 0. The van der Waals surface area contributed by atoms with Crippen molar-refractivity contribution >= 4 is 11.6 Å². The van der Waals surface area contributed by atoms with Crippen molar-refractivity contribution in [3.8, 4) is 0 Å². The van der Waals surface area contributed by atoms with Crippen molar-refractivity contribution in [2.75, 3.05) is 6.61 Å². The molecule has 0 heterocycles. The molecule has 4 aliphatic carbocycles. The number of hydrogen-bond acceptors (Lipinski definition) is 6. The lowest BCUT2D eigenvalue weighted by atomic mass is 9.45. The first-order chi connectivity index (χ1) is 12.6. The number of fused-ring (bicyclic) bond motifs is 5. The third-order valence-electron chi connectivity index (χ3n) is 8.69. The van der Waals surface area contributed by atoms with Gasteiger partial charge in [0.25, 0.3) is 0 Å². The Bertz CT molecular complexity index is 715. The minimum Gasteiger partial charge on any atom is -0.393 e. The molecular weight excluding hydrogens is 348 g/mol. The number of Topliss-reactive ketones (excluding diaryl/α,β-unsaturated/α-hetero) is 1. The van der Waals surface area contributed by atoms with Gasteiger partial charge >= 0.3 is 0 Å². The molecule has 27 heavy (non-hydrogen) atoms. The van der Waals surface area contributed by atoms with Gasteiger partial charge in [-0.2, -0.15) is 0 Å². The van der Waals surface area contributed by atoms with Crippen LogP contribution >= 0.6 is 0 Å². The number of aliphatic hydroxyl groups excluding tert-OH is 3. The molecule has 150 valence electrons. The van der Waals surface area contributed by atoms with Gasteiger partial charge in [0.05, 0.1) is 12.2 Å². The second-order valence-corrected chi connectivity index (χ2v) is 9.68. The van der Waals surface area contributed by atoms with Crippen LogP contribution in [0.1, 0.15) is 52.4 Å². The number of aliphatic hydroxyl groups is 4. The van der Waals surface area contributed by atoms with Gasteiger partial charge in [-0.25, -0.2) is 0 Å². The van der Waals surface area contributed by atoms with Crippen LogP contribution in [0.2, 0.25) is 0 Å². The summed E-state index contributed by atoms with van der Waals surface area (Å²) < 4.78 is 0. The molecule has 0 saturated heterocycles. The zero-order valence-electron chi connectivity index (χ0n) is 16.0. The van der Waals surface area contributed by atoms with Crippen molar-refractivity contribution in [1.82, 2.24) is 0 Å². The molecule has 3 saturated carbocycles. The molecule has 4 N–H and O–H groups in total. The average Bonchev–Trinajstić information content (AvgIpc) is 2.82. The van der Waals surface area contributed by atoms with Crippen molar-refractivity contribution in [3.63, 3.8) is 0 Å². The minimum atomic E-state index is -2.03. The molecule has 0 aromatic heterocycles. The molecule has 4 rings (SSSR count). The molecule has 1 unspecified atom stereocenters. The molecule has 0 radical (unpaired) electrons. The second kappa shape index (κ2) is 5.96. The van der Waals surface area contributed by atoms with E-state index in [0.29, 0.717) is 19.3 Å². The maximum atomic E-state index is 12.4. The molecule has 0 aromatic carbocycles. The van der Waals surface area contributed by atoms with E-state index in [1.165, 1.54) is 0 Å². The standard InChI is InChI=1S/C21H30O6/c1-19-6-5-12(23)7-11(19)3-4-13-14-8-16(25)21(27,17(26)10-22)20(14,2)9-15(24)18(13)19/h7,13-16,18,22,24-25,27H,3-6,8-10H2,1-2H3/t13-,14-,15?,16+,18+,19-,20-,21-/m0/s1. The Morgan fingerprint density at radius 3 is 2.63 bits per heavy atom. The highest BCUT2D eigenvalue weighted by atomic mass is 16.4. The van der Waals surface area contributed by atoms with Gasteiger partial charge in [-0.3, -0.25) is 9.59 Å². The molecule has 6 nitrogen and oxygen atoms in total. The lowest BCUT2D eigenvalue weighted by molar-refractivity contribution is -0.193. The fraction of sp³-hybridized carbons (Fsp3) is 0.810. The summed E-state index contributed by atoms with van der Waals surface area (Å²) in [6.45, 7) is 3.08. The highest BCUT2D eigenvalue weighted by Gasteiger charge is 2.71. The maximum absolute atomic E-state index is 12.4. The van der Waals surface area contributed by atoms with Gasteiger partial charge in [0.1, 0.15) is 6.61 Å². The second-order valence-electron chi connectivity index (χ2n) is 9.68. The van der Waals surface area contributed by atoms with Crippen LogP contribution in [-0.4, -0.2) is 56.4 Å². The van der Waals surface area contributed by atoms with Crippen molar-refractivity contribution in [1.29, 1.82) is 0 Å². The number of carbonyl (C=O) groups excluding carboxylic acids is 2. The maximum Gasteiger partial charge on any atom is 0.192 e. The van der Waals surface area contributed by atoms with Crippen LogP contribution in [0.5, 0.6) is 0 Å². The topological polar surface area (TPSA) is 115 Å². The summed E-state index contributed by atoms with van der Waals surface area (Å²) >= 11 is 0. The van der Waals surface area contributed by atoms with Crippen molar-refractivity contribution in [3.05, 3.63) is 11.6 Å². The SMILES string of the molecule is C[C@]12CCC(=O)C=C1CC[C@@H]1[C@@H]2C(O)C[C@@]2(C)[C@H]1C[C@@H](O)[C@]2(O)C(=O)CO. The highest BCUT2D eigenvalue weighted by Crippen LogP contribution is 2.67. The molecule has 3 fully saturated rings. The van der Waals surface area contributed by atoms with E-state index in [0.717, 1.165) is 18.4 Å². The van der Waals surface area contributed by atoms with E-state index in [2.05, 4.69) is 6.92 Å². The minimum absolute atomic E-state index is 0.0533. The van der Waals surface area contributed by atoms with Crippen molar-refractivity contribution < 1.29 is 30.0 Å². The highest BCUT2D eigenvalue weighted by molar-refractivity contribution is 5.92. The van der Waals surface area contributed by atoms with E-state index < -0.39 is 35.6 Å². The van der Waals surface area contributed by atoms with Gasteiger partial charge in [-0.15, -0.1) is 0 Å². The first kappa shape index (κ1) is 19.2. The van der Waals surface area contributed by atoms with Crippen LogP contribution in [0.25, 0.3) is 0 Å². The summed E-state index contributed by atoms with van der Waals surface area (Å²) in [4.78, 5) is 24.3. The summed E-state index contributed by atoms with van der Waals surface area (Å²) in [7, 11) is 0. The number of rotatable bonds is 2. The fourth-order valence-corrected chi connectivity index (χ4v) is 7.32. The molecule has 0 spiro atoms. The van der Waals surface area contributed by atoms with Gasteiger partial charge in [-0.05, 0) is 61.3 Å². The molecule has 8 atom stereocenters. The Morgan fingerprint density at radius 1 is 1.26 bits per heavy atom. The number of carbonyl (C=O) groups is 2. The Hall–Kier alpha value is -1.08. The van der Waals surface area contributed by atoms with Crippen LogP contribution in [0.4, 0.5) is 0 Å². The summed E-state index contributed by atoms with van der Waals surface area (Å²) in [5.74, 6) is -0.726. The Balaban J connectivity index is 1.77. The monoisotopic (exact) mass is 378 g/mol. The van der Waals surface area contributed by atoms with Crippen molar-refractivity contribution in [2.45, 2.75) is 70.2 Å². The third kappa shape index (κ3) is 2.27. The quantitative estimate of drug-likeness (QED) is 0.564. The average molecular weight is 378 g/mol. The first-order valence-electron chi connectivity index (χ1n) is 10.1. The summed E-state index contributed by atoms with van der Waals surface area (Å²) in [6.07, 6.45) is 3.01. The third-order valence-corrected chi connectivity index (χ3v) is 8.69. The zero-order chi connectivity index (χ0) is 19.8. The van der Waals surface area contributed by atoms with E-state index in [9.17, 15) is 30.0 Å². The van der Waals surface area contributed by atoms with E-state index in [1.54, 1.807) is 13.0 Å². The number of allylic oxidation sites excluding steroid dienone is 1. The molecule has 0 aliphatic heterocycles. The summed E-state index contributed by atoms with van der Waals surface area (Å²) in [5, 5.41) is 42.4. The zero-order valence-corrected chi connectivity index (χ0v) is 16.0. The van der Waals surface area contributed by atoms with Crippen LogP contribution in [0.3, 0.4) is 0 Å². The van der Waals surface area contributed by atoms with Crippen LogP contribution in [-0.2, 0) is 9.59 Å². The van der Waals surface area contributed by atoms with E-state index in [4.69, 9.17) is 0 Å². The molecular formula is C21H30O6. The first-order valence-corrected chi connectivity index (χ1v) is 10.1. The molecule has 4 aliphatic rings. The Morgan fingerprint density at radius 2 is 1.96 bits per heavy atom. The fourth-order valence-electron chi connectivity index (χ4n) is 7.32. The lowest BCUT2D eigenvalue weighted by Gasteiger charge is -2.60. The number of hydrogen-bond donors (Lipinski definition) is 4. The van der Waals surface area contributed by atoms with E-state index >= 15 is 0 Å². The molecule has 0 amide bonds. The molecule has 0 bridgehead atoms. The van der Waals surface area contributed by atoms with E-state index in [-0.39, 0.29) is 35.4 Å². The predicted molar refractivity (Wildman–Crippen MR) is 96.5 cm³/mol. The Kier molecular flexibility index (Phi) is 4.25. The molecule has 0 aromatic rings. The van der Waals surface area contributed by atoms with Crippen molar-refractivity contribution in [2.24, 2.45) is 28.6 Å². The summed E-state index contributed by atoms with van der Waals surface area (Å²) in [5.41, 5.74) is -2.15. The predicted octanol–water partition coefficient (Wildman–Crippen LogP) is 0.752.